The largest absolute Gasteiger partial charge is 0.481 e. The number of carboxylic acids is 1. The standard InChI is InChI=1S/C12H14N4O2S/c1-2-6-16-11(9-4-3-5-13-7-9)14-15-12(16)19-8-10(17)18/h3-5,7H,2,6,8H2,1H3,(H,17,18). The van der Waals surface area contributed by atoms with Crippen LogP contribution in [0, 0.1) is 0 Å². The lowest BCUT2D eigenvalue weighted by molar-refractivity contribution is -0.133. The monoisotopic (exact) mass is 278 g/mol. The number of carbonyl (C=O) groups is 1. The second-order valence-electron chi connectivity index (χ2n) is 3.88. The Labute approximate surface area is 114 Å². The SMILES string of the molecule is CCCn1c(SCC(=O)O)nnc1-c1cccnc1. The molecule has 1 N–H and O–H groups in total. The van der Waals surface area contributed by atoms with Gasteiger partial charge in [-0.15, -0.1) is 10.2 Å². The van der Waals surface area contributed by atoms with Crippen molar-refractivity contribution in [3.8, 4) is 11.4 Å². The summed E-state index contributed by atoms with van der Waals surface area (Å²) in [6, 6.07) is 3.75. The van der Waals surface area contributed by atoms with Crippen LogP contribution in [0.2, 0.25) is 0 Å². The third kappa shape index (κ3) is 3.31. The number of carboxylic acid groups (broad SMARTS) is 1. The zero-order valence-corrected chi connectivity index (χ0v) is 11.3. The molecule has 0 bridgehead atoms. The van der Waals surface area contributed by atoms with Crippen molar-refractivity contribution >= 4 is 17.7 Å². The Hall–Kier alpha value is -1.89. The molecule has 0 saturated heterocycles. The molecule has 6 nitrogen and oxygen atoms in total. The van der Waals surface area contributed by atoms with E-state index >= 15 is 0 Å². The molecule has 19 heavy (non-hydrogen) atoms. The predicted molar refractivity (Wildman–Crippen MR) is 71.9 cm³/mol. The van der Waals surface area contributed by atoms with E-state index in [-0.39, 0.29) is 5.75 Å². The first kappa shape index (κ1) is 13.5. The number of rotatable bonds is 6. The molecule has 100 valence electrons. The van der Waals surface area contributed by atoms with Gasteiger partial charge < -0.3 is 9.67 Å². The first-order valence-electron chi connectivity index (χ1n) is 5.90. The second-order valence-corrected chi connectivity index (χ2v) is 4.82. The van der Waals surface area contributed by atoms with Crippen LogP contribution in [-0.2, 0) is 11.3 Å². The van der Waals surface area contributed by atoms with Gasteiger partial charge in [0.2, 0.25) is 0 Å². The minimum Gasteiger partial charge on any atom is -0.481 e. The molecule has 2 aromatic heterocycles. The summed E-state index contributed by atoms with van der Waals surface area (Å²) in [6.07, 6.45) is 4.35. The highest BCUT2D eigenvalue weighted by molar-refractivity contribution is 7.99. The Bertz CT molecular complexity index is 556. The van der Waals surface area contributed by atoms with Gasteiger partial charge in [-0.1, -0.05) is 18.7 Å². The Balaban J connectivity index is 2.31. The summed E-state index contributed by atoms with van der Waals surface area (Å²) in [7, 11) is 0. The smallest absolute Gasteiger partial charge is 0.313 e. The molecule has 0 saturated carbocycles. The van der Waals surface area contributed by atoms with Gasteiger partial charge in [0, 0.05) is 24.5 Å². The van der Waals surface area contributed by atoms with Crippen molar-refractivity contribution in [2.45, 2.75) is 25.0 Å². The predicted octanol–water partition coefficient (Wildman–Crippen LogP) is 1.93. The lowest BCUT2D eigenvalue weighted by Gasteiger charge is -2.07. The zero-order chi connectivity index (χ0) is 13.7. The summed E-state index contributed by atoms with van der Waals surface area (Å²) >= 11 is 1.18. The molecule has 0 amide bonds. The molecule has 0 aliphatic carbocycles. The maximum absolute atomic E-state index is 10.6. The van der Waals surface area contributed by atoms with E-state index in [1.807, 2.05) is 16.7 Å². The maximum Gasteiger partial charge on any atom is 0.313 e. The molecule has 2 heterocycles. The Morgan fingerprint density at radius 1 is 1.47 bits per heavy atom. The van der Waals surface area contributed by atoms with E-state index in [4.69, 9.17) is 5.11 Å². The van der Waals surface area contributed by atoms with Crippen molar-refractivity contribution in [2.75, 3.05) is 5.75 Å². The first-order chi connectivity index (χ1) is 9.22. The van der Waals surface area contributed by atoms with Crippen LogP contribution in [0.4, 0.5) is 0 Å². The first-order valence-corrected chi connectivity index (χ1v) is 6.89. The van der Waals surface area contributed by atoms with E-state index in [0.717, 1.165) is 24.4 Å². The van der Waals surface area contributed by atoms with E-state index < -0.39 is 5.97 Å². The molecule has 0 atom stereocenters. The molecular formula is C12H14N4O2S. The third-order valence-electron chi connectivity index (χ3n) is 2.41. The van der Waals surface area contributed by atoms with Crippen LogP contribution < -0.4 is 0 Å². The molecule has 0 aliphatic heterocycles. The molecule has 2 aromatic rings. The molecule has 0 radical (unpaired) electrons. The van der Waals surface area contributed by atoms with Gasteiger partial charge in [-0.25, -0.2) is 0 Å². The molecule has 0 aromatic carbocycles. The van der Waals surface area contributed by atoms with Crippen LogP contribution in [0.5, 0.6) is 0 Å². The molecule has 0 fully saturated rings. The summed E-state index contributed by atoms with van der Waals surface area (Å²) in [5.41, 5.74) is 0.880. The fourth-order valence-electron chi connectivity index (χ4n) is 1.66. The number of hydrogen-bond acceptors (Lipinski definition) is 5. The quantitative estimate of drug-likeness (QED) is 0.813. The fourth-order valence-corrected chi connectivity index (χ4v) is 2.34. The Kier molecular flexibility index (Phi) is 4.51. The molecular weight excluding hydrogens is 264 g/mol. The lowest BCUT2D eigenvalue weighted by atomic mass is 10.2. The highest BCUT2D eigenvalue weighted by Gasteiger charge is 2.14. The number of aliphatic carboxylic acids is 1. The van der Waals surface area contributed by atoms with Gasteiger partial charge in [0.05, 0.1) is 5.75 Å². The number of nitrogens with zero attached hydrogens (tertiary/aromatic N) is 4. The zero-order valence-electron chi connectivity index (χ0n) is 10.5. The van der Waals surface area contributed by atoms with Crippen molar-refractivity contribution in [1.29, 1.82) is 0 Å². The van der Waals surface area contributed by atoms with Gasteiger partial charge in [0.1, 0.15) is 0 Å². The van der Waals surface area contributed by atoms with E-state index in [1.54, 1.807) is 12.4 Å². The van der Waals surface area contributed by atoms with Gasteiger partial charge in [-0.05, 0) is 18.6 Å². The average molecular weight is 278 g/mol. The van der Waals surface area contributed by atoms with Gasteiger partial charge in [-0.3, -0.25) is 9.78 Å². The Morgan fingerprint density at radius 3 is 2.95 bits per heavy atom. The summed E-state index contributed by atoms with van der Waals surface area (Å²) in [5, 5.41) is 17.6. The number of hydrogen-bond donors (Lipinski definition) is 1. The van der Waals surface area contributed by atoms with Crippen molar-refractivity contribution in [1.82, 2.24) is 19.7 Å². The fraction of sp³-hybridized carbons (Fsp3) is 0.333. The van der Waals surface area contributed by atoms with Crippen molar-refractivity contribution < 1.29 is 9.90 Å². The van der Waals surface area contributed by atoms with Crippen molar-refractivity contribution in [3.05, 3.63) is 24.5 Å². The van der Waals surface area contributed by atoms with E-state index in [2.05, 4.69) is 22.1 Å². The summed E-state index contributed by atoms with van der Waals surface area (Å²) < 4.78 is 1.94. The van der Waals surface area contributed by atoms with Crippen LogP contribution in [0.1, 0.15) is 13.3 Å². The van der Waals surface area contributed by atoms with Gasteiger partial charge in [0.15, 0.2) is 11.0 Å². The van der Waals surface area contributed by atoms with Gasteiger partial charge in [0.25, 0.3) is 0 Å². The minimum atomic E-state index is -0.862. The molecule has 0 unspecified atom stereocenters. The van der Waals surface area contributed by atoms with Gasteiger partial charge in [-0.2, -0.15) is 0 Å². The summed E-state index contributed by atoms with van der Waals surface area (Å²) in [4.78, 5) is 14.7. The minimum absolute atomic E-state index is 0.0190. The molecule has 2 rings (SSSR count). The number of pyridine rings is 1. The summed E-state index contributed by atoms with van der Waals surface area (Å²) in [5.74, 6) is -0.156. The molecule has 0 aliphatic rings. The molecule has 0 spiro atoms. The second kappa shape index (κ2) is 6.33. The number of aromatic nitrogens is 4. The Morgan fingerprint density at radius 2 is 2.32 bits per heavy atom. The third-order valence-corrected chi connectivity index (χ3v) is 3.36. The van der Waals surface area contributed by atoms with E-state index in [1.165, 1.54) is 11.8 Å². The van der Waals surface area contributed by atoms with Crippen molar-refractivity contribution in [2.24, 2.45) is 0 Å². The topological polar surface area (TPSA) is 80.9 Å². The normalized spacial score (nSPS) is 10.6. The van der Waals surface area contributed by atoms with E-state index in [9.17, 15) is 4.79 Å². The van der Waals surface area contributed by atoms with Crippen LogP contribution >= 0.6 is 11.8 Å². The number of thioether (sulfide) groups is 1. The maximum atomic E-state index is 10.6. The average Bonchev–Trinajstić information content (AvgIpc) is 2.81. The van der Waals surface area contributed by atoms with Crippen LogP contribution in [-0.4, -0.2) is 36.6 Å². The van der Waals surface area contributed by atoms with Gasteiger partial charge >= 0.3 is 5.97 Å². The highest BCUT2D eigenvalue weighted by Crippen LogP contribution is 2.23. The van der Waals surface area contributed by atoms with Crippen molar-refractivity contribution in [3.63, 3.8) is 0 Å². The summed E-state index contributed by atoms with van der Waals surface area (Å²) in [6.45, 7) is 2.80. The highest BCUT2D eigenvalue weighted by atomic mass is 32.2. The van der Waals surface area contributed by atoms with Crippen LogP contribution in [0.3, 0.4) is 0 Å². The van der Waals surface area contributed by atoms with Crippen LogP contribution in [0.25, 0.3) is 11.4 Å². The van der Waals surface area contributed by atoms with Crippen LogP contribution in [0.15, 0.2) is 29.7 Å². The van der Waals surface area contributed by atoms with E-state index in [0.29, 0.717) is 5.16 Å². The molecule has 7 heteroatoms. The lowest BCUT2D eigenvalue weighted by Crippen LogP contribution is -2.04.